The average Bonchev–Trinajstić information content (AvgIpc) is 2.48. The molecule has 78 valence electrons. The molecule has 0 saturated carbocycles. The molecule has 1 amide bonds. The van der Waals surface area contributed by atoms with Crippen LogP contribution in [0.1, 0.15) is 13.8 Å². The van der Waals surface area contributed by atoms with E-state index in [1.807, 2.05) is 13.8 Å². The number of aromatic nitrogens is 2. The lowest BCUT2D eigenvalue weighted by Crippen LogP contribution is -2.20. The van der Waals surface area contributed by atoms with Gasteiger partial charge < -0.3 is 10.1 Å². The Morgan fingerprint density at radius 1 is 1.71 bits per heavy atom. The first-order valence-corrected chi connectivity index (χ1v) is 4.48. The highest BCUT2D eigenvalue weighted by molar-refractivity contribution is 5.91. The monoisotopic (exact) mass is 197 g/mol. The average molecular weight is 197 g/mol. The summed E-state index contributed by atoms with van der Waals surface area (Å²) in [5.74, 6) is -0.160. The van der Waals surface area contributed by atoms with Crippen molar-refractivity contribution in [2.24, 2.45) is 7.05 Å². The fourth-order valence-electron chi connectivity index (χ4n) is 0.925. The van der Waals surface area contributed by atoms with E-state index < -0.39 is 0 Å². The fraction of sp³-hybridized carbons (Fsp3) is 0.556. The van der Waals surface area contributed by atoms with E-state index in [1.54, 1.807) is 24.1 Å². The molecule has 5 nitrogen and oxygen atoms in total. The highest BCUT2D eigenvalue weighted by Gasteiger charge is 2.04. The van der Waals surface area contributed by atoms with Gasteiger partial charge in [0, 0.05) is 13.2 Å². The zero-order valence-electron chi connectivity index (χ0n) is 8.65. The Balaban J connectivity index is 2.34. The number of nitrogens with one attached hydrogen (secondary N) is 1. The van der Waals surface area contributed by atoms with Crippen LogP contribution in [0.3, 0.4) is 0 Å². The molecule has 0 unspecified atom stereocenters. The van der Waals surface area contributed by atoms with Crippen molar-refractivity contribution < 1.29 is 9.53 Å². The van der Waals surface area contributed by atoms with Gasteiger partial charge in [0.05, 0.1) is 18.0 Å². The molecule has 0 radical (unpaired) electrons. The molecule has 0 spiro atoms. The lowest BCUT2D eigenvalue weighted by Gasteiger charge is -2.06. The summed E-state index contributed by atoms with van der Waals surface area (Å²) in [5.41, 5.74) is 0.685. The van der Waals surface area contributed by atoms with Crippen LogP contribution in [0.25, 0.3) is 0 Å². The summed E-state index contributed by atoms with van der Waals surface area (Å²) in [4.78, 5) is 11.3. The van der Waals surface area contributed by atoms with Crippen LogP contribution in [0.5, 0.6) is 0 Å². The van der Waals surface area contributed by atoms with Gasteiger partial charge in [0.15, 0.2) is 0 Å². The second-order valence-corrected chi connectivity index (χ2v) is 3.31. The smallest absolute Gasteiger partial charge is 0.250 e. The molecule has 0 fully saturated rings. The molecule has 0 bridgehead atoms. The third-order valence-corrected chi connectivity index (χ3v) is 1.54. The minimum atomic E-state index is -0.160. The number of nitrogens with zero attached hydrogens (tertiary/aromatic N) is 2. The number of anilines is 1. The summed E-state index contributed by atoms with van der Waals surface area (Å²) < 4.78 is 6.77. The van der Waals surface area contributed by atoms with Gasteiger partial charge in [0.25, 0.3) is 0 Å². The summed E-state index contributed by atoms with van der Waals surface area (Å²) in [6, 6.07) is 0. The lowest BCUT2D eigenvalue weighted by atomic mass is 10.5. The maximum atomic E-state index is 11.3. The third-order valence-electron chi connectivity index (χ3n) is 1.54. The fourth-order valence-corrected chi connectivity index (χ4v) is 0.925. The Labute approximate surface area is 83.1 Å². The minimum absolute atomic E-state index is 0.0645. The van der Waals surface area contributed by atoms with Crippen molar-refractivity contribution in [2.75, 3.05) is 11.9 Å². The zero-order chi connectivity index (χ0) is 10.6. The van der Waals surface area contributed by atoms with Crippen LogP contribution < -0.4 is 5.32 Å². The van der Waals surface area contributed by atoms with Gasteiger partial charge in [-0.2, -0.15) is 5.10 Å². The van der Waals surface area contributed by atoms with Crippen molar-refractivity contribution in [2.45, 2.75) is 20.0 Å². The number of ether oxygens (including phenoxy) is 1. The molecule has 0 aliphatic carbocycles. The molecule has 5 heteroatoms. The molecule has 1 heterocycles. The predicted octanol–water partition coefficient (Wildman–Crippen LogP) is 0.784. The van der Waals surface area contributed by atoms with Gasteiger partial charge in [-0.25, -0.2) is 0 Å². The molecular weight excluding hydrogens is 182 g/mol. The van der Waals surface area contributed by atoms with Crippen molar-refractivity contribution in [1.82, 2.24) is 9.78 Å². The molecular formula is C9H15N3O2. The number of aryl methyl sites for hydroxylation is 1. The Morgan fingerprint density at radius 2 is 2.43 bits per heavy atom. The first kappa shape index (κ1) is 10.7. The van der Waals surface area contributed by atoms with E-state index >= 15 is 0 Å². The van der Waals surface area contributed by atoms with E-state index in [1.165, 1.54) is 0 Å². The number of carbonyl (C=O) groups excluding carboxylic acids is 1. The van der Waals surface area contributed by atoms with Crippen molar-refractivity contribution >= 4 is 11.6 Å². The van der Waals surface area contributed by atoms with Crippen LogP contribution in [0.4, 0.5) is 5.69 Å². The van der Waals surface area contributed by atoms with Crippen molar-refractivity contribution in [3.63, 3.8) is 0 Å². The molecule has 1 aromatic rings. The SMILES string of the molecule is CC(C)OCC(=O)Nc1cnn(C)c1. The molecule has 1 aromatic heterocycles. The molecule has 0 aliphatic rings. The lowest BCUT2D eigenvalue weighted by molar-refractivity contribution is -0.121. The number of carbonyl (C=O) groups is 1. The van der Waals surface area contributed by atoms with Crippen LogP contribution in [0.2, 0.25) is 0 Å². The number of hydrogen-bond donors (Lipinski definition) is 1. The van der Waals surface area contributed by atoms with Crippen LogP contribution in [0, 0.1) is 0 Å². The quantitative estimate of drug-likeness (QED) is 0.776. The van der Waals surface area contributed by atoms with E-state index in [0.717, 1.165) is 0 Å². The molecule has 1 rings (SSSR count). The summed E-state index contributed by atoms with van der Waals surface area (Å²) in [5, 5.41) is 6.60. The topological polar surface area (TPSA) is 56.1 Å². The molecule has 0 aliphatic heterocycles. The van der Waals surface area contributed by atoms with Gasteiger partial charge in [-0.05, 0) is 13.8 Å². The first-order valence-electron chi connectivity index (χ1n) is 4.48. The van der Waals surface area contributed by atoms with Gasteiger partial charge in [-0.3, -0.25) is 9.48 Å². The van der Waals surface area contributed by atoms with E-state index in [-0.39, 0.29) is 18.6 Å². The maximum Gasteiger partial charge on any atom is 0.250 e. The standard InChI is InChI=1S/C9H15N3O2/c1-7(2)14-6-9(13)11-8-4-10-12(3)5-8/h4-5,7H,6H2,1-3H3,(H,11,13). The van der Waals surface area contributed by atoms with E-state index in [9.17, 15) is 4.79 Å². The molecule has 0 saturated heterocycles. The largest absolute Gasteiger partial charge is 0.369 e. The van der Waals surface area contributed by atoms with Crippen molar-refractivity contribution in [1.29, 1.82) is 0 Å². The second kappa shape index (κ2) is 4.76. The van der Waals surface area contributed by atoms with E-state index in [4.69, 9.17) is 4.74 Å². The van der Waals surface area contributed by atoms with Gasteiger partial charge >= 0.3 is 0 Å². The van der Waals surface area contributed by atoms with Gasteiger partial charge in [-0.1, -0.05) is 0 Å². The predicted molar refractivity (Wildman–Crippen MR) is 52.9 cm³/mol. The van der Waals surface area contributed by atoms with Crippen LogP contribution in [-0.4, -0.2) is 28.4 Å². The number of amides is 1. The zero-order valence-corrected chi connectivity index (χ0v) is 8.65. The Bertz CT molecular complexity index is 307. The molecule has 14 heavy (non-hydrogen) atoms. The van der Waals surface area contributed by atoms with Gasteiger partial charge in [-0.15, -0.1) is 0 Å². The Hall–Kier alpha value is -1.36. The van der Waals surface area contributed by atoms with Crippen LogP contribution in [-0.2, 0) is 16.6 Å². The molecule has 0 atom stereocenters. The first-order chi connectivity index (χ1) is 6.58. The normalized spacial score (nSPS) is 10.6. The highest BCUT2D eigenvalue weighted by atomic mass is 16.5. The molecule has 0 aromatic carbocycles. The summed E-state index contributed by atoms with van der Waals surface area (Å²) in [6.07, 6.45) is 3.38. The Morgan fingerprint density at radius 3 is 2.93 bits per heavy atom. The number of hydrogen-bond acceptors (Lipinski definition) is 3. The van der Waals surface area contributed by atoms with Crippen LogP contribution in [0.15, 0.2) is 12.4 Å². The second-order valence-electron chi connectivity index (χ2n) is 3.31. The highest BCUT2D eigenvalue weighted by Crippen LogP contribution is 2.02. The third kappa shape index (κ3) is 3.57. The van der Waals surface area contributed by atoms with E-state index in [0.29, 0.717) is 5.69 Å². The number of rotatable bonds is 4. The van der Waals surface area contributed by atoms with Gasteiger partial charge in [0.1, 0.15) is 6.61 Å². The minimum Gasteiger partial charge on any atom is -0.369 e. The van der Waals surface area contributed by atoms with Crippen LogP contribution >= 0.6 is 0 Å². The van der Waals surface area contributed by atoms with Crippen molar-refractivity contribution in [3.8, 4) is 0 Å². The maximum absolute atomic E-state index is 11.3. The molecule has 1 N–H and O–H groups in total. The summed E-state index contributed by atoms with van der Waals surface area (Å²) >= 11 is 0. The summed E-state index contributed by atoms with van der Waals surface area (Å²) in [6.45, 7) is 3.85. The van der Waals surface area contributed by atoms with E-state index in [2.05, 4.69) is 10.4 Å². The van der Waals surface area contributed by atoms with Crippen molar-refractivity contribution in [3.05, 3.63) is 12.4 Å². The van der Waals surface area contributed by atoms with Gasteiger partial charge in [0.2, 0.25) is 5.91 Å². The Kier molecular flexibility index (Phi) is 3.64. The summed E-state index contributed by atoms with van der Waals surface area (Å²) in [7, 11) is 1.79.